The Morgan fingerprint density at radius 1 is 1.88 bits per heavy atom. The average Bonchev–Trinajstić information content (AvgIpc) is 2.14. The van der Waals surface area contributed by atoms with E-state index >= 15 is 0 Å². The molecule has 1 aromatic rings. The molecule has 0 bridgehead atoms. The van der Waals surface area contributed by atoms with Crippen molar-refractivity contribution in [2.45, 2.75) is 6.61 Å². The van der Waals surface area contributed by atoms with E-state index in [-0.39, 0.29) is 6.61 Å². The summed E-state index contributed by atoms with van der Waals surface area (Å²) < 4.78 is 1.55. The summed E-state index contributed by atoms with van der Waals surface area (Å²) in [6.07, 6.45) is 1.55. The largest absolute Gasteiger partial charge is 0.388 e. The molecule has 0 amide bonds. The highest BCUT2D eigenvalue weighted by Gasteiger charge is 1.91. The molecule has 0 saturated carbocycles. The summed E-state index contributed by atoms with van der Waals surface area (Å²) in [6.45, 7) is -0.0825. The summed E-state index contributed by atoms with van der Waals surface area (Å²) in [5.41, 5.74) is 0. The molecule has 0 aliphatic carbocycles. The first kappa shape index (κ1) is 5.24. The fourth-order valence-corrected chi connectivity index (χ4v) is 0.456. The van der Waals surface area contributed by atoms with Crippen molar-refractivity contribution in [3.05, 3.63) is 12.2 Å². The number of nitrogens with zero attached hydrogens (tertiary/aromatic N) is 3. The molecule has 0 aliphatic rings. The minimum Gasteiger partial charge on any atom is -0.388 e. The molecule has 0 aromatic carbocycles. The van der Waals surface area contributed by atoms with Gasteiger partial charge < -0.3 is 5.11 Å². The first-order valence-corrected chi connectivity index (χ1v) is 2.28. The summed E-state index contributed by atoms with van der Waals surface area (Å²) in [6, 6.07) is 0. The van der Waals surface area contributed by atoms with Crippen molar-refractivity contribution < 1.29 is 5.11 Å². The minimum absolute atomic E-state index is 0.0825. The standard InChI is InChI=1S/C4H7N3O/c1-7-3-5-4(2-8)6-7/h3,8H,2H2,1H3. The fourth-order valence-electron chi connectivity index (χ4n) is 0.456. The van der Waals surface area contributed by atoms with Gasteiger partial charge in [0.15, 0.2) is 5.82 Å². The van der Waals surface area contributed by atoms with E-state index in [1.807, 2.05) is 0 Å². The van der Waals surface area contributed by atoms with Gasteiger partial charge in [0.05, 0.1) is 0 Å². The Bertz CT molecular complexity index is 172. The van der Waals surface area contributed by atoms with Crippen LogP contribution in [0.5, 0.6) is 0 Å². The predicted molar refractivity (Wildman–Crippen MR) is 26.9 cm³/mol. The van der Waals surface area contributed by atoms with Crippen molar-refractivity contribution in [1.29, 1.82) is 0 Å². The molecule has 0 radical (unpaired) electrons. The number of hydrogen-bond donors (Lipinski definition) is 1. The summed E-state index contributed by atoms with van der Waals surface area (Å²) in [4.78, 5) is 3.74. The van der Waals surface area contributed by atoms with E-state index in [1.54, 1.807) is 18.1 Å². The topological polar surface area (TPSA) is 50.9 Å². The van der Waals surface area contributed by atoms with Gasteiger partial charge in [-0.3, -0.25) is 4.68 Å². The zero-order chi connectivity index (χ0) is 5.98. The second kappa shape index (κ2) is 1.92. The number of hydrogen-bond acceptors (Lipinski definition) is 3. The lowest BCUT2D eigenvalue weighted by Crippen LogP contribution is -1.90. The first-order chi connectivity index (χ1) is 3.83. The summed E-state index contributed by atoms with van der Waals surface area (Å²) in [5, 5.41) is 12.2. The normalized spacial score (nSPS) is 9.75. The minimum atomic E-state index is -0.0825. The second-order valence-electron chi connectivity index (χ2n) is 1.49. The van der Waals surface area contributed by atoms with Crippen LogP contribution < -0.4 is 0 Å². The van der Waals surface area contributed by atoms with Gasteiger partial charge in [0, 0.05) is 7.05 Å². The summed E-state index contributed by atoms with van der Waals surface area (Å²) in [5.74, 6) is 0.465. The molecule has 44 valence electrons. The van der Waals surface area contributed by atoms with Gasteiger partial charge in [0.1, 0.15) is 12.9 Å². The zero-order valence-electron chi connectivity index (χ0n) is 4.57. The zero-order valence-corrected chi connectivity index (χ0v) is 4.57. The molecule has 0 unspecified atom stereocenters. The lowest BCUT2D eigenvalue weighted by Gasteiger charge is -1.80. The number of aromatic nitrogens is 3. The van der Waals surface area contributed by atoms with Crippen LogP contribution in [0.2, 0.25) is 0 Å². The third-order valence-electron chi connectivity index (χ3n) is 0.788. The molecule has 0 spiro atoms. The van der Waals surface area contributed by atoms with Crippen molar-refractivity contribution in [1.82, 2.24) is 14.8 Å². The van der Waals surface area contributed by atoms with Gasteiger partial charge in [-0.15, -0.1) is 0 Å². The molecule has 4 nitrogen and oxygen atoms in total. The highest BCUT2D eigenvalue weighted by atomic mass is 16.3. The van der Waals surface area contributed by atoms with Crippen LogP contribution in [-0.2, 0) is 13.7 Å². The molecule has 0 fully saturated rings. The molecule has 1 rings (SSSR count). The Kier molecular flexibility index (Phi) is 1.26. The van der Waals surface area contributed by atoms with Crippen LogP contribution >= 0.6 is 0 Å². The van der Waals surface area contributed by atoms with Gasteiger partial charge >= 0.3 is 0 Å². The second-order valence-corrected chi connectivity index (χ2v) is 1.49. The van der Waals surface area contributed by atoms with E-state index in [0.717, 1.165) is 0 Å². The highest BCUT2D eigenvalue weighted by molar-refractivity contribution is 4.75. The van der Waals surface area contributed by atoms with Crippen LogP contribution in [-0.4, -0.2) is 19.9 Å². The molecule has 1 N–H and O–H groups in total. The number of aliphatic hydroxyl groups excluding tert-OH is 1. The van der Waals surface area contributed by atoms with Crippen molar-refractivity contribution in [3.8, 4) is 0 Å². The van der Waals surface area contributed by atoms with Crippen LogP contribution in [0.1, 0.15) is 5.82 Å². The lowest BCUT2D eigenvalue weighted by molar-refractivity contribution is 0.271. The van der Waals surface area contributed by atoms with Crippen LogP contribution in [0.25, 0.3) is 0 Å². The predicted octanol–water partition coefficient (Wildman–Crippen LogP) is -0.693. The molecular formula is C4H7N3O. The van der Waals surface area contributed by atoms with Crippen molar-refractivity contribution in [2.24, 2.45) is 7.05 Å². The smallest absolute Gasteiger partial charge is 0.175 e. The number of aliphatic hydroxyl groups is 1. The molecule has 0 aliphatic heterocycles. The number of rotatable bonds is 1. The monoisotopic (exact) mass is 113 g/mol. The Balaban J connectivity index is 2.84. The quantitative estimate of drug-likeness (QED) is 0.524. The summed E-state index contributed by atoms with van der Waals surface area (Å²) in [7, 11) is 1.76. The maximum absolute atomic E-state index is 8.41. The van der Waals surface area contributed by atoms with Crippen LogP contribution in [0, 0.1) is 0 Å². The van der Waals surface area contributed by atoms with Gasteiger partial charge in [-0.1, -0.05) is 0 Å². The lowest BCUT2D eigenvalue weighted by atomic mass is 10.7. The third kappa shape index (κ3) is 0.840. The highest BCUT2D eigenvalue weighted by Crippen LogP contribution is 1.83. The molecule has 0 saturated heterocycles. The van der Waals surface area contributed by atoms with E-state index in [0.29, 0.717) is 5.82 Å². The Morgan fingerprint density at radius 3 is 2.88 bits per heavy atom. The molecule has 0 atom stereocenters. The van der Waals surface area contributed by atoms with E-state index in [1.165, 1.54) is 0 Å². The summed E-state index contributed by atoms with van der Waals surface area (Å²) >= 11 is 0. The van der Waals surface area contributed by atoms with Gasteiger partial charge in [-0.05, 0) is 0 Å². The van der Waals surface area contributed by atoms with Crippen LogP contribution in [0.3, 0.4) is 0 Å². The average molecular weight is 113 g/mol. The number of aryl methyl sites for hydroxylation is 1. The molecule has 1 aromatic heterocycles. The SMILES string of the molecule is Cn1cnc(CO)n1. The van der Waals surface area contributed by atoms with Crippen molar-refractivity contribution in [2.75, 3.05) is 0 Å². The Morgan fingerprint density at radius 2 is 2.62 bits per heavy atom. The van der Waals surface area contributed by atoms with Gasteiger partial charge in [-0.2, -0.15) is 5.10 Å². The molecule has 8 heavy (non-hydrogen) atoms. The van der Waals surface area contributed by atoms with Crippen LogP contribution in [0.4, 0.5) is 0 Å². The van der Waals surface area contributed by atoms with Gasteiger partial charge in [0.2, 0.25) is 0 Å². The van der Waals surface area contributed by atoms with Gasteiger partial charge in [-0.25, -0.2) is 4.98 Å². The van der Waals surface area contributed by atoms with E-state index in [4.69, 9.17) is 5.11 Å². The van der Waals surface area contributed by atoms with E-state index < -0.39 is 0 Å². The van der Waals surface area contributed by atoms with Crippen LogP contribution in [0.15, 0.2) is 6.33 Å². The third-order valence-corrected chi connectivity index (χ3v) is 0.788. The Labute approximate surface area is 46.8 Å². The maximum atomic E-state index is 8.41. The molecular weight excluding hydrogens is 106 g/mol. The van der Waals surface area contributed by atoms with Crippen molar-refractivity contribution >= 4 is 0 Å². The first-order valence-electron chi connectivity index (χ1n) is 2.28. The fraction of sp³-hybridized carbons (Fsp3) is 0.500. The Hall–Kier alpha value is -0.900. The van der Waals surface area contributed by atoms with E-state index in [2.05, 4.69) is 10.1 Å². The van der Waals surface area contributed by atoms with Gasteiger partial charge in [0.25, 0.3) is 0 Å². The molecule has 1 heterocycles. The van der Waals surface area contributed by atoms with E-state index in [9.17, 15) is 0 Å². The molecule has 4 heteroatoms. The van der Waals surface area contributed by atoms with Crippen molar-refractivity contribution in [3.63, 3.8) is 0 Å². The maximum Gasteiger partial charge on any atom is 0.175 e.